The number of pyridine rings is 2. The number of hydrogen-bond donors (Lipinski definition) is 0. The third kappa shape index (κ3) is 5.28. The first-order valence-corrected chi connectivity index (χ1v) is 20.5. The number of ether oxygens (including phenoxy) is 1. The minimum atomic E-state index is -0.128. The van der Waals surface area contributed by atoms with Crippen LogP contribution in [0.15, 0.2) is 104 Å². The molecule has 0 saturated carbocycles. The van der Waals surface area contributed by atoms with Gasteiger partial charge in [-0.3, -0.25) is 0 Å². The Balaban J connectivity index is 1.22. The Labute approximate surface area is 340 Å². The molecule has 0 N–H and O–H groups in total. The molecule has 0 saturated heterocycles. The van der Waals surface area contributed by atoms with Crippen molar-refractivity contribution in [2.45, 2.75) is 85.5 Å². The van der Waals surface area contributed by atoms with Crippen LogP contribution in [0.3, 0.4) is 0 Å². The van der Waals surface area contributed by atoms with Crippen molar-refractivity contribution in [1.29, 1.82) is 0 Å². The first kappa shape index (κ1) is 36.6. The quantitative estimate of drug-likeness (QED) is 0.162. The van der Waals surface area contributed by atoms with Crippen LogP contribution < -0.4 is 4.74 Å². The van der Waals surface area contributed by atoms with Gasteiger partial charge in [-0.1, -0.05) is 68.4 Å². The summed E-state index contributed by atoms with van der Waals surface area (Å²) in [4.78, 5) is 9.70. The topological polar surface area (TPSA) is 49.8 Å². The van der Waals surface area contributed by atoms with Crippen LogP contribution in [0.5, 0.6) is 11.5 Å². The third-order valence-electron chi connectivity index (χ3n) is 13.2. The SMILES string of the molecule is Cc1ccc(-n2[c](=[Pt])n(-c3[c-]c(Oc4[c-]c5c(cc4)c4ccc6c(c4n5-c4cc(C(C)(C)C)ccn4)C(C)(C)C(C)(C)C6(C)C)cnc3)c3ccccc32)cc1. The Bertz CT molecular complexity index is 2930. The third-order valence-corrected chi connectivity index (χ3v) is 14.2. The zero-order valence-corrected chi connectivity index (χ0v) is 36.0. The predicted octanol–water partition coefficient (Wildman–Crippen LogP) is 12.0. The van der Waals surface area contributed by atoms with Crippen LogP contribution in [0, 0.1) is 28.3 Å². The molecule has 286 valence electrons. The van der Waals surface area contributed by atoms with Gasteiger partial charge in [-0.25, -0.2) is 0 Å². The first-order valence-electron chi connectivity index (χ1n) is 19.3. The van der Waals surface area contributed by atoms with Gasteiger partial charge in [0.05, 0.1) is 0 Å². The van der Waals surface area contributed by atoms with E-state index >= 15 is 0 Å². The molecule has 9 rings (SSSR count). The minimum absolute atomic E-state index is 0.00721. The Morgan fingerprint density at radius 3 is 2.12 bits per heavy atom. The van der Waals surface area contributed by atoms with Gasteiger partial charge in [0.2, 0.25) is 0 Å². The van der Waals surface area contributed by atoms with Crippen molar-refractivity contribution >= 4 is 32.8 Å². The molecule has 0 amide bonds. The summed E-state index contributed by atoms with van der Waals surface area (Å²) >= 11 is 2.40. The van der Waals surface area contributed by atoms with Crippen molar-refractivity contribution in [3.63, 3.8) is 0 Å². The van der Waals surface area contributed by atoms with Crippen molar-refractivity contribution in [3.8, 4) is 28.7 Å². The molecule has 4 aromatic heterocycles. The predicted molar refractivity (Wildman–Crippen MR) is 223 cm³/mol. The Morgan fingerprint density at radius 1 is 0.714 bits per heavy atom. The average molecular weight is 917 g/mol. The Hall–Kier alpha value is -5.06. The van der Waals surface area contributed by atoms with E-state index in [1.807, 2.05) is 18.5 Å². The number of rotatable bonds is 5. The summed E-state index contributed by atoms with van der Waals surface area (Å²) in [7, 11) is 0. The van der Waals surface area contributed by atoms with E-state index in [0.29, 0.717) is 11.5 Å². The van der Waals surface area contributed by atoms with Crippen molar-refractivity contribution in [3.05, 3.63) is 142 Å². The molecule has 4 heterocycles. The molecular formula is C49H47N5OPt-2. The molecule has 1 aliphatic rings. The van der Waals surface area contributed by atoms with Gasteiger partial charge in [0, 0.05) is 6.20 Å². The van der Waals surface area contributed by atoms with Crippen molar-refractivity contribution in [2.75, 3.05) is 0 Å². The number of fused-ring (bicyclic) bond motifs is 6. The Kier molecular flexibility index (Phi) is 8.14. The molecule has 0 unspecified atom stereocenters. The summed E-state index contributed by atoms with van der Waals surface area (Å²) in [5.41, 5.74) is 11.1. The number of benzene rings is 4. The van der Waals surface area contributed by atoms with E-state index in [1.54, 1.807) is 6.20 Å². The van der Waals surface area contributed by atoms with E-state index in [4.69, 9.17) is 9.72 Å². The van der Waals surface area contributed by atoms with Gasteiger partial charge in [0.15, 0.2) is 0 Å². The Morgan fingerprint density at radius 2 is 1.41 bits per heavy atom. The number of imidazole rings is 1. The van der Waals surface area contributed by atoms with Gasteiger partial charge >= 0.3 is 228 Å². The van der Waals surface area contributed by atoms with E-state index in [-0.39, 0.29) is 21.7 Å². The molecule has 0 spiro atoms. The summed E-state index contributed by atoms with van der Waals surface area (Å²) in [6.07, 6.45) is 5.50. The molecular weight excluding hydrogens is 870 g/mol. The monoisotopic (exact) mass is 916 g/mol. The molecule has 0 bridgehead atoms. The van der Waals surface area contributed by atoms with Gasteiger partial charge in [0.1, 0.15) is 0 Å². The number of hydrogen-bond acceptors (Lipinski definition) is 3. The van der Waals surface area contributed by atoms with Crippen LogP contribution in [0.4, 0.5) is 0 Å². The van der Waals surface area contributed by atoms with Gasteiger partial charge in [-0.2, -0.15) is 0 Å². The number of para-hydroxylation sites is 2. The molecule has 56 heavy (non-hydrogen) atoms. The van der Waals surface area contributed by atoms with Crippen LogP contribution >= 0.6 is 0 Å². The fourth-order valence-corrected chi connectivity index (χ4v) is 9.93. The van der Waals surface area contributed by atoms with Gasteiger partial charge in [0.25, 0.3) is 0 Å². The summed E-state index contributed by atoms with van der Waals surface area (Å²) in [6.45, 7) is 23.3. The zero-order chi connectivity index (χ0) is 39.5. The maximum absolute atomic E-state index is 6.64. The fourth-order valence-electron chi connectivity index (χ4n) is 8.82. The standard InChI is InChI=1S/C49H47N5O.Pt/c1-31-15-17-33(18-16-31)52-30-53(41-14-12-11-13-40(41)52)34-26-36(29-50-28-34)55-35-19-20-37-38-21-22-39-44(48(7,8)49(9,10)47(39,5)6)45(38)54(42(37)27-35)43-25-32(23-24-51-43)46(2,3)4;/h11-25,28-29H,1-10H3;/q-2;. The molecule has 4 aromatic carbocycles. The molecule has 0 fully saturated rings. The van der Waals surface area contributed by atoms with Gasteiger partial charge in [-0.15, -0.1) is 0 Å². The van der Waals surface area contributed by atoms with E-state index in [2.05, 4.69) is 198 Å². The molecule has 1 aliphatic carbocycles. The second-order valence-electron chi connectivity index (χ2n) is 18.0. The van der Waals surface area contributed by atoms with Crippen LogP contribution in [0.25, 0.3) is 50.0 Å². The second kappa shape index (κ2) is 12.5. The van der Waals surface area contributed by atoms with E-state index in [9.17, 15) is 0 Å². The molecule has 6 nitrogen and oxygen atoms in total. The van der Waals surface area contributed by atoms with Crippen molar-refractivity contribution in [1.82, 2.24) is 23.7 Å². The van der Waals surface area contributed by atoms with E-state index in [1.165, 1.54) is 33.2 Å². The van der Waals surface area contributed by atoms with Crippen LogP contribution in [-0.4, -0.2) is 23.7 Å². The number of aromatic nitrogens is 5. The summed E-state index contributed by atoms with van der Waals surface area (Å²) < 4.78 is 14.4. The van der Waals surface area contributed by atoms with Gasteiger partial charge in [-0.05, 0) is 38.9 Å². The van der Waals surface area contributed by atoms with E-state index in [0.717, 1.165) is 42.9 Å². The van der Waals surface area contributed by atoms with Crippen LogP contribution in [0.1, 0.15) is 84.6 Å². The van der Waals surface area contributed by atoms with Crippen LogP contribution in [-0.2, 0) is 35.6 Å². The fraction of sp³-hybridized carbons (Fsp3) is 0.286. The number of nitrogens with zero attached hydrogens (tertiary/aromatic N) is 5. The summed E-state index contributed by atoms with van der Waals surface area (Å²) in [5.74, 6) is 1.97. The van der Waals surface area contributed by atoms with Crippen molar-refractivity contribution < 1.29 is 24.1 Å². The molecule has 7 heteroatoms. The summed E-state index contributed by atoms with van der Waals surface area (Å²) in [6, 6.07) is 37.5. The van der Waals surface area contributed by atoms with Gasteiger partial charge < -0.3 is 0 Å². The normalized spacial score (nSPS) is 15.9. The maximum atomic E-state index is 6.64. The zero-order valence-electron chi connectivity index (χ0n) is 33.8. The summed E-state index contributed by atoms with van der Waals surface area (Å²) in [5, 5.41) is 2.30. The molecule has 8 aromatic rings. The second-order valence-corrected chi connectivity index (χ2v) is 19.0. The molecule has 0 radical (unpaired) electrons. The molecule has 0 aliphatic heterocycles. The van der Waals surface area contributed by atoms with Crippen molar-refractivity contribution in [2.24, 2.45) is 5.41 Å². The number of aryl methyl sites for hydroxylation is 1. The van der Waals surface area contributed by atoms with E-state index < -0.39 is 0 Å². The first-order chi connectivity index (χ1) is 26.5. The van der Waals surface area contributed by atoms with Crippen LogP contribution in [0.2, 0.25) is 0 Å². The molecule has 0 atom stereocenters. The average Bonchev–Trinajstić information content (AvgIpc) is 3.68.